The number of nitrogens with zero attached hydrogens (tertiary/aromatic N) is 1. The molecule has 0 heterocycles. The van der Waals surface area contributed by atoms with Gasteiger partial charge in [0.25, 0.3) is 0 Å². The van der Waals surface area contributed by atoms with E-state index >= 15 is 0 Å². The standard InChI is InChI=1S/C9H16N2O/c1-8(6-10)12-7-9(11)4-2-3-5-9/h8H,2-5,7,11H2,1H3. The third-order valence-corrected chi connectivity index (χ3v) is 2.40. The number of nitrogens with two attached hydrogens (primary N) is 1. The summed E-state index contributed by atoms with van der Waals surface area (Å²) in [6.07, 6.45) is 4.13. The van der Waals surface area contributed by atoms with Crippen molar-refractivity contribution in [1.29, 1.82) is 5.26 Å². The molecule has 1 rings (SSSR count). The second-order valence-corrected chi connectivity index (χ2v) is 3.65. The lowest BCUT2D eigenvalue weighted by molar-refractivity contribution is 0.0606. The van der Waals surface area contributed by atoms with Crippen LogP contribution in [0.25, 0.3) is 0 Å². The van der Waals surface area contributed by atoms with Gasteiger partial charge in [0.05, 0.1) is 12.7 Å². The van der Waals surface area contributed by atoms with Gasteiger partial charge in [0.15, 0.2) is 0 Å². The van der Waals surface area contributed by atoms with E-state index in [2.05, 4.69) is 0 Å². The first-order chi connectivity index (χ1) is 5.66. The van der Waals surface area contributed by atoms with Crippen molar-refractivity contribution in [3.63, 3.8) is 0 Å². The molecule has 1 aliphatic carbocycles. The van der Waals surface area contributed by atoms with Gasteiger partial charge >= 0.3 is 0 Å². The molecular weight excluding hydrogens is 152 g/mol. The highest BCUT2D eigenvalue weighted by Gasteiger charge is 2.29. The van der Waals surface area contributed by atoms with Crippen LogP contribution in [0.4, 0.5) is 0 Å². The van der Waals surface area contributed by atoms with Crippen LogP contribution in [0, 0.1) is 11.3 Å². The molecule has 0 saturated heterocycles. The van der Waals surface area contributed by atoms with Gasteiger partial charge in [-0.2, -0.15) is 5.26 Å². The highest BCUT2D eigenvalue weighted by Crippen LogP contribution is 2.27. The molecule has 1 aliphatic rings. The maximum absolute atomic E-state index is 8.48. The Morgan fingerprint density at radius 1 is 1.58 bits per heavy atom. The van der Waals surface area contributed by atoms with Gasteiger partial charge in [-0.25, -0.2) is 0 Å². The largest absolute Gasteiger partial charge is 0.362 e. The van der Waals surface area contributed by atoms with Gasteiger partial charge in [0, 0.05) is 5.54 Å². The summed E-state index contributed by atoms with van der Waals surface area (Å²) in [5, 5.41) is 8.48. The van der Waals surface area contributed by atoms with E-state index in [0.29, 0.717) is 6.61 Å². The maximum atomic E-state index is 8.48. The van der Waals surface area contributed by atoms with E-state index in [-0.39, 0.29) is 11.6 Å². The molecule has 0 aromatic rings. The zero-order valence-corrected chi connectivity index (χ0v) is 7.55. The van der Waals surface area contributed by atoms with E-state index in [4.69, 9.17) is 15.7 Å². The molecule has 0 spiro atoms. The van der Waals surface area contributed by atoms with Crippen LogP contribution in [-0.4, -0.2) is 18.2 Å². The molecule has 0 radical (unpaired) electrons. The summed E-state index contributed by atoms with van der Waals surface area (Å²) >= 11 is 0. The predicted octanol–water partition coefficient (Wildman–Crippen LogP) is 1.19. The Balaban J connectivity index is 2.26. The fourth-order valence-corrected chi connectivity index (χ4v) is 1.55. The van der Waals surface area contributed by atoms with Crippen LogP contribution in [-0.2, 0) is 4.74 Å². The third kappa shape index (κ3) is 2.47. The Kier molecular flexibility index (Phi) is 3.07. The minimum Gasteiger partial charge on any atom is -0.362 e. The van der Waals surface area contributed by atoms with E-state index in [1.807, 2.05) is 6.07 Å². The van der Waals surface area contributed by atoms with E-state index in [1.165, 1.54) is 12.8 Å². The molecule has 0 amide bonds. The van der Waals surface area contributed by atoms with Crippen molar-refractivity contribution < 1.29 is 4.74 Å². The maximum Gasteiger partial charge on any atom is 0.141 e. The summed E-state index contributed by atoms with van der Waals surface area (Å²) < 4.78 is 5.29. The number of nitriles is 1. The predicted molar refractivity (Wildman–Crippen MR) is 46.4 cm³/mol. The fraction of sp³-hybridized carbons (Fsp3) is 0.889. The number of hydrogen-bond acceptors (Lipinski definition) is 3. The first kappa shape index (κ1) is 9.50. The highest BCUT2D eigenvalue weighted by molar-refractivity contribution is 4.90. The molecular formula is C9H16N2O. The van der Waals surface area contributed by atoms with Crippen molar-refractivity contribution in [3.8, 4) is 6.07 Å². The number of hydrogen-bond donors (Lipinski definition) is 1. The van der Waals surface area contributed by atoms with Crippen LogP contribution in [0.5, 0.6) is 0 Å². The Hall–Kier alpha value is -0.590. The van der Waals surface area contributed by atoms with Gasteiger partial charge in [0.2, 0.25) is 0 Å². The molecule has 0 aliphatic heterocycles. The SMILES string of the molecule is CC(C#N)OCC1(N)CCCC1. The molecule has 2 N–H and O–H groups in total. The first-order valence-electron chi connectivity index (χ1n) is 4.46. The Labute approximate surface area is 73.5 Å². The van der Waals surface area contributed by atoms with E-state index in [9.17, 15) is 0 Å². The van der Waals surface area contributed by atoms with Crippen LogP contribution in [0.1, 0.15) is 32.6 Å². The van der Waals surface area contributed by atoms with Crippen LogP contribution in [0.15, 0.2) is 0 Å². The molecule has 0 aromatic heterocycles. The zero-order chi connectivity index (χ0) is 9.03. The molecule has 1 fully saturated rings. The molecule has 1 atom stereocenters. The second-order valence-electron chi connectivity index (χ2n) is 3.65. The summed E-state index contributed by atoms with van der Waals surface area (Å²) in [7, 11) is 0. The van der Waals surface area contributed by atoms with Gasteiger partial charge in [-0.1, -0.05) is 12.8 Å². The van der Waals surface area contributed by atoms with Crippen molar-refractivity contribution in [1.82, 2.24) is 0 Å². The van der Waals surface area contributed by atoms with Crippen LogP contribution in [0.3, 0.4) is 0 Å². The molecule has 68 valence electrons. The normalized spacial score (nSPS) is 23.4. The van der Waals surface area contributed by atoms with Gasteiger partial charge in [-0.3, -0.25) is 0 Å². The summed E-state index contributed by atoms with van der Waals surface area (Å²) in [4.78, 5) is 0. The van der Waals surface area contributed by atoms with Crippen molar-refractivity contribution in [2.45, 2.75) is 44.2 Å². The van der Waals surface area contributed by atoms with Crippen LogP contribution < -0.4 is 5.73 Å². The lowest BCUT2D eigenvalue weighted by Gasteiger charge is -2.23. The fourth-order valence-electron chi connectivity index (χ4n) is 1.55. The third-order valence-electron chi connectivity index (χ3n) is 2.40. The molecule has 1 unspecified atom stereocenters. The smallest absolute Gasteiger partial charge is 0.141 e. The number of rotatable bonds is 3. The van der Waals surface area contributed by atoms with E-state index < -0.39 is 0 Å². The topological polar surface area (TPSA) is 59.0 Å². The minimum absolute atomic E-state index is 0.148. The molecule has 3 heteroatoms. The average molecular weight is 168 g/mol. The van der Waals surface area contributed by atoms with E-state index in [0.717, 1.165) is 12.8 Å². The second kappa shape index (κ2) is 3.88. The molecule has 12 heavy (non-hydrogen) atoms. The highest BCUT2D eigenvalue weighted by atomic mass is 16.5. The average Bonchev–Trinajstić information content (AvgIpc) is 2.49. The molecule has 0 aromatic carbocycles. The van der Waals surface area contributed by atoms with Gasteiger partial charge in [-0.15, -0.1) is 0 Å². The Morgan fingerprint density at radius 2 is 2.17 bits per heavy atom. The summed E-state index contributed by atoms with van der Waals surface area (Å²) in [6, 6.07) is 2.03. The molecule has 3 nitrogen and oxygen atoms in total. The molecule has 0 bridgehead atoms. The monoisotopic (exact) mass is 168 g/mol. The van der Waals surface area contributed by atoms with Crippen molar-refractivity contribution in [2.75, 3.05) is 6.61 Å². The first-order valence-corrected chi connectivity index (χ1v) is 4.46. The minimum atomic E-state index is -0.328. The van der Waals surface area contributed by atoms with Crippen LogP contribution in [0.2, 0.25) is 0 Å². The van der Waals surface area contributed by atoms with Crippen LogP contribution >= 0.6 is 0 Å². The van der Waals surface area contributed by atoms with Gasteiger partial charge in [-0.05, 0) is 19.8 Å². The summed E-state index contributed by atoms with van der Waals surface area (Å²) in [5.74, 6) is 0. The van der Waals surface area contributed by atoms with E-state index in [1.54, 1.807) is 6.92 Å². The van der Waals surface area contributed by atoms with Gasteiger partial charge in [0.1, 0.15) is 6.10 Å². The summed E-state index contributed by atoms with van der Waals surface area (Å²) in [5.41, 5.74) is 5.88. The Morgan fingerprint density at radius 3 is 2.67 bits per heavy atom. The lowest BCUT2D eigenvalue weighted by Crippen LogP contribution is -2.42. The summed E-state index contributed by atoms with van der Waals surface area (Å²) in [6.45, 7) is 2.28. The zero-order valence-electron chi connectivity index (χ0n) is 7.55. The van der Waals surface area contributed by atoms with Crippen molar-refractivity contribution in [2.24, 2.45) is 5.73 Å². The quantitative estimate of drug-likeness (QED) is 0.688. The molecule has 1 saturated carbocycles. The van der Waals surface area contributed by atoms with Crippen molar-refractivity contribution in [3.05, 3.63) is 0 Å². The lowest BCUT2D eigenvalue weighted by atomic mass is 10.0. The van der Waals surface area contributed by atoms with Gasteiger partial charge < -0.3 is 10.5 Å². The Bertz CT molecular complexity index is 179. The number of ether oxygens (including phenoxy) is 1. The van der Waals surface area contributed by atoms with Crippen molar-refractivity contribution >= 4 is 0 Å².